The predicted octanol–water partition coefficient (Wildman–Crippen LogP) is 5.46. The Bertz CT molecular complexity index is 1180. The normalized spacial score (nSPS) is 25.2. The van der Waals surface area contributed by atoms with Crippen LogP contribution in [-0.2, 0) is 11.3 Å². The van der Waals surface area contributed by atoms with Crippen LogP contribution in [0.2, 0.25) is 0 Å². The number of furan rings is 1. The number of fused-ring (bicyclic) bond motifs is 1. The minimum absolute atomic E-state index is 0.0737. The van der Waals surface area contributed by atoms with Crippen LogP contribution in [0.4, 0.5) is 0 Å². The Kier molecular flexibility index (Phi) is 6.30. The summed E-state index contributed by atoms with van der Waals surface area (Å²) in [6, 6.07) is 17.8. The van der Waals surface area contributed by atoms with Gasteiger partial charge in [-0.2, -0.15) is 0 Å². The number of amides is 2. The minimum Gasteiger partial charge on any atom is -0.463 e. The molecule has 3 heterocycles. The standard InChI is InChI=1S/C29H35N3O3/c1-20-11-13-23(14-12-20)30-28(34)29(3)19-31-24(26-10-7-17-35-26)15-16-25(31)27(33)32(29)18-21(2)22-8-5-4-6-9-22/h4-10,15-17,20-21,23H,11-14,18-19H2,1-3H3,(H,30,34)/t20?,21-,23?,29+/m1/s1. The lowest BCUT2D eigenvalue weighted by atomic mass is 9.86. The molecule has 1 saturated carbocycles. The summed E-state index contributed by atoms with van der Waals surface area (Å²) in [5, 5.41) is 3.32. The van der Waals surface area contributed by atoms with Gasteiger partial charge in [-0.05, 0) is 74.3 Å². The Balaban J connectivity index is 1.49. The molecule has 2 aliphatic rings. The molecule has 35 heavy (non-hydrogen) atoms. The number of nitrogens with one attached hydrogen (secondary N) is 1. The van der Waals surface area contributed by atoms with E-state index in [1.165, 1.54) is 0 Å². The zero-order valence-electron chi connectivity index (χ0n) is 20.9. The largest absolute Gasteiger partial charge is 0.463 e. The van der Waals surface area contributed by atoms with Gasteiger partial charge >= 0.3 is 0 Å². The van der Waals surface area contributed by atoms with Crippen molar-refractivity contribution < 1.29 is 14.0 Å². The van der Waals surface area contributed by atoms with Crippen molar-refractivity contribution in [1.29, 1.82) is 0 Å². The summed E-state index contributed by atoms with van der Waals surface area (Å²) in [5.74, 6) is 1.30. The van der Waals surface area contributed by atoms with Crippen LogP contribution >= 0.6 is 0 Å². The van der Waals surface area contributed by atoms with Crippen LogP contribution in [0.25, 0.3) is 11.5 Å². The van der Waals surface area contributed by atoms with Crippen LogP contribution in [0.15, 0.2) is 65.3 Å². The predicted molar refractivity (Wildman–Crippen MR) is 136 cm³/mol. The van der Waals surface area contributed by atoms with Crippen molar-refractivity contribution in [3.8, 4) is 11.5 Å². The fourth-order valence-electron chi connectivity index (χ4n) is 5.60. The summed E-state index contributed by atoms with van der Waals surface area (Å²) in [7, 11) is 0. The highest BCUT2D eigenvalue weighted by atomic mass is 16.3. The van der Waals surface area contributed by atoms with Crippen molar-refractivity contribution in [2.75, 3.05) is 6.54 Å². The molecule has 1 fully saturated rings. The number of carbonyl (C=O) groups is 2. The molecule has 2 aromatic heterocycles. The van der Waals surface area contributed by atoms with Crippen LogP contribution in [0.1, 0.15) is 68.4 Å². The lowest BCUT2D eigenvalue weighted by Gasteiger charge is -2.46. The first-order valence-electron chi connectivity index (χ1n) is 12.8. The van der Waals surface area contributed by atoms with Crippen molar-refractivity contribution >= 4 is 11.8 Å². The van der Waals surface area contributed by atoms with E-state index in [4.69, 9.17) is 4.42 Å². The maximum absolute atomic E-state index is 13.9. The zero-order chi connectivity index (χ0) is 24.6. The van der Waals surface area contributed by atoms with Gasteiger partial charge in [-0.15, -0.1) is 0 Å². The first-order valence-corrected chi connectivity index (χ1v) is 12.8. The van der Waals surface area contributed by atoms with Gasteiger partial charge in [0.2, 0.25) is 5.91 Å². The number of rotatable bonds is 6. The highest BCUT2D eigenvalue weighted by molar-refractivity contribution is 6.00. The number of benzene rings is 1. The van der Waals surface area contributed by atoms with Gasteiger partial charge in [-0.1, -0.05) is 44.2 Å². The fraction of sp³-hybridized carbons (Fsp3) is 0.448. The van der Waals surface area contributed by atoms with E-state index < -0.39 is 5.54 Å². The molecule has 0 unspecified atom stereocenters. The Labute approximate surface area is 207 Å². The van der Waals surface area contributed by atoms with E-state index in [-0.39, 0.29) is 23.8 Å². The van der Waals surface area contributed by atoms with Crippen molar-refractivity contribution in [3.63, 3.8) is 0 Å². The van der Waals surface area contributed by atoms with Crippen LogP contribution in [0, 0.1) is 5.92 Å². The summed E-state index contributed by atoms with van der Waals surface area (Å²) in [5.41, 5.74) is 1.55. The molecule has 1 N–H and O–H groups in total. The molecule has 1 aliphatic heterocycles. The summed E-state index contributed by atoms with van der Waals surface area (Å²) in [6.45, 7) is 7.16. The van der Waals surface area contributed by atoms with Gasteiger partial charge in [0.1, 0.15) is 17.0 Å². The van der Waals surface area contributed by atoms with Crippen LogP contribution in [0.3, 0.4) is 0 Å². The summed E-state index contributed by atoms with van der Waals surface area (Å²) < 4.78 is 7.59. The molecule has 3 aromatic rings. The highest BCUT2D eigenvalue weighted by Gasteiger charge is 2.48. The first-order chi connectivity index (χ1) is 16.9. The van der Waals surface area contributed by atoms with Gasteiger partial charge in [0, 0.05) is 12.6 Å². The molecule has 2 amide bonds. The quantitative estimate of drug-likeness (QED) is 0.517. The van der Waals surface area contributed by atoms with E-state index in [1.54, 1.807) is 11.2 Å². The van der Waals surface area contributed by atoms with Crippen molar-refractivity contribution in [1.82, 2.24) is 14.8 Å². The Morgan fingerprint density at radius 1 is 1.06 bits per heavy atom. The molecule has 0 radical (unpaired) electrons. The summed E-state index contributed by atoms with van der Waals surface area (Å²) in [4.78, 5) is 29.6. The van der Waals surface area contributed by atoms with Crippen molar-refractivity contribution in [2.45, 2.75) is 70.5 Å². The minimum atomic E-state index is -1.02. The molecule has 184 valence electrons. The molecule has 1 aromatic carbocycles. The maximum atomic E-state index is 13.9. The second-order valence-electron chi connectivity index (χ2n) is 10.6. The number of hydrogen-bond donors (Lipinski definition) is 1. The molecular formula is C29H35N3O3. The Morgan fingerprint density at radius 2 is 1.77 bits per heavy atom. The van der Waals surface area contributed by atoms with E-state index in [1.807, 2.05) is 54.0 Å². The van der Waals surface area contributed by atoms with Crippen LogP contribution in [-0.4, -0.2) is 39.4 Å². The summed E-state index contributed by atoms with van der Waals surface area (Å²) >= 11 is 0. The average Bonchev–Trinajstić information content (AvgIpc) is 3.53. The number of nitrogens with zero attached hydrogens (tertiary/aromatic N) is 2. The number of hydrogen-bond acceptors (Lipinski definition) is 3. The Morgan fingerprint density at radius 3 is 2.46 bits per heavy atom. The SMILES string of the molecule is CC1CCC(NC(=O)[C@]2(C)Cn3c(ccc3-c3ccco3)C(=O)N2C[C@@H](C)c2ccccc2)CC1. The molecular weight excluding hydrogens is 438 g/mol. The molecule has 2 atom stereocenters. The first kappa shape index (κ1) is 23.5. The molecule has 6 heteroatoms. The van der Waals surface area contributed by atoms with Gasteiger partial charge in [0.15, 0.2) is 0 Å². The highest BCUT2D eigenvalue weighted by Crippen LogP contribution is 2.35. The van der Waals surface area contributed by atoms with Gasteiger partial charge in [-0.25, -0.2) is 0 Å². The maximum Gasteiger partial charge on any atom is 0.271 e. The lowest BCUT2D eigenvalue weighted by Crippen LogP contribution is -2.65. The van der Waals surface area contributed by atoms with E-state index in [2.05, 4.69) is 31.3 Å². The van der Waals surface area contributed by atoms with Gasteiger partial charge in [0.25, 0.3) is 5.91 Å². The Hall–Kier alpha value is -3.28. The number of carbonyl (C=O) groups excluding carboxylic acids is 2. The van der Waals surface area contributed by atoms with E-state index >= 15 is 0 Å². The third kappa shape index (κ3) is 4.42. The fourth-order valence-corrected chi connectivity index (χ4v) is 5.60. The van der Waals surface area contributed by atoms with Gasteiger partial charge < -0.3 is 19.2 Å². The second-order valence-corrected chi connectivity index (χ2v) is 10.6. The molecule has 5 rings (SSSR count). The third-order valence-electron chi connectivity index (χ3n) is 7.95. The van der Waals surface area contributed by atoms with Crippen LogP contribution < -0.4 is 5.32 Å². The van der Waals surface area contributed by atoms with Gasteiger partial charge in [-0.3, -0.25) is 9.59 Å². The topological polar surface area (TPSA) is 67.5 Å². The van der Waals surface area contributed by atoms with Crippen molar-refractivity contribution in [3.05, 3.63) is 72.1 Å². The molecule has 0 saturated heterocycles. The van der Waals surface area contributed by atoms with Crippen LogP contribution in [0.5, 0.6) is 0 Å². The van der Waals surface area contributed by atoms with Crippen molar-refractivity contribution in [2.24, 2.45) is 5.92 Å². The monoisotopic (exact) mass is 473 g/mol. The second kappa shape index (κ2) is 9.40. The number of aromatic nitrogens is 1. The molecule has 6 nitrogen and oxygen atoms in total. The zero-order valence-corrected chi connectivity index (χ0v) is 20.9. The molecule has 0 spiro atoms. The average molecular weight is 474 g/mol. The summed E-state index contributed by atoms with van der Waals surface area (Å²) in [6.07, 6.45) is 5.86. The molecule has 0 bridgehead atoms. The van der Waals surface area contributed by atoms with Gasteiger partial charge in [0.05, 0.1) is 18.5 Å². The van der Waals surface area contributed by atoms with E-state index in [9.17, 15) is 9.59 Å². The molecule has 1 aliphatic carbocycles. The smallest absolute Gasteiger partial charge is 0.271 e. The van der Waals surface area contributed by atoms with E-state index in [0.29, 0.717) is 30.5 Å². The lowest BCUT2D eigenvalue weighted by molar-refractivity contribution is -0.134. The van der Waals surface area contributed by atoms with E-state index in [0.717, 1.165) is 36.9 Å². The third-order valence-corrected chi connectivity index (χ3v) is 7.95.